The van der Waals surface area contributed by atoms with Gasteiger partial charge in [0.2, 0.25) is 0 Å². The number of hydrogen-bond acceptors (Lipinski definition) is 3. The highest BCUT2D eigenvalue weighted by Gasteiger charge is 2.40. The third-order valence-corrected chi connectivity index (χ3v) is 6.13. The summed E-state index contributed by atoms with van der Waals surface area (Å²) in [6, 6.07) is 5.40. The second-order valence-electron chi connectivity index (χ2n) is 7.91. The van der Waals surface area contributed by atoms with E-state index in [1.54, 1.807) is 13.0 Å². The van der Waals surface area contributed by atoms with E-state index in [0.717, 1.165) is 42.5 Å². The highest BCUT2D eigenvalue weighted by Crippen LogP contribution is 2.28. The zero-order valence-electron chi connectivity index (χ0n) is 18.1. The van der Waals surface area contributed by atoms with Crippen LogP contribution in [0.2, 0.25) is 0 Å². The zero-order valence-corrected chi connectivity index (χ0v) is 18.1. The van der Waals surface area contributed by atoms with Gasteiger partial charge in [0, 0.05) is 6.42 Å². The van der Waals surface area contributed by atoms with Crippen molar-refractivity contribution in [2.24, 2.45) is 0 Å². The lowest BCUT2D eigenvalue weighted by molar-refractivity contribution is -0.940. The van der Waals surface area contributed by atoms with Crippen LogP contribution >= 0.6 is 0 Å². The molecule has 5 heteroatoms. The maximum absolute atomic E-state index is 13.5. The van der Waals surface area contributed by atoms with Gasteiger partial charge in [-0.25, -0.2) is 4.79 Å². The van der Waals surface area contributed by atoms with E-state index in [0.29, 0.717) is 17.9 Å². The van der Waals surface area contributed by atoms with Gasteiger partial charge in [0.1, 0.15) is 0 Å². The van der Waals surface area contributed by atoms with Gasteiger partial charge in [0.05, 0.1) is 37.5 Å². The number of likely N-dealkylation sites (tertiary alicyclic amines) is 1. The van der Waals surface area contributed by atoms with E-state index in [4.69, 9.17) is 4.74 Å². The van der Waals surface area contributed by atoms with Gasteiger partial charge in [0.25, 0.3) is 5.91 Å². The fourth-order valence-electron chi connectivity index (χ4n) is 4.51. The van der Waals surface area contributed by atoms with Crippen molar-refractivity contribution in [3.63, 3.8) is 0 Å². The quantitative estimate of drug-likeness (QED) is 0.518. The van der Waals surface area contributed by atoms with Gasteiger partial charge in [-0.15, -0.1) is 0 Å². The lowest BCUT2D eigenvalue weighted by atomic mass is 10.0. The number of carbonyl (C=O) groups is 2. The largest absolute Gasteiger partial charge is 0.462 e. The van der Waals surface area contributed by atoms with E-state index in [9.17, 15) is 9.59 Å². The third-order valence-electron chi connectivity index (χ3n) is 6.13. The topological polar surface area (TPSA) is 55.4 Å². The van der Waals surface area contributed by atoms with Crippen LogP contribution in [0, 0.1) is 6.92 Å². The van der Waals surface area contributed by atoms with Gasteiger partial charge in [-0.05, 0) is 64.5 Å². The molecule has 1 aromatic carbocycles. The fraction of sp³-hybridized carbons (Fsp3) is 0.652. The summed E-state index contributed by atoms with van der Waals surface area (Å²) in [6.45, 7) is 11.5. The molecule has 28 heavy (non-hydrogen) atoms. The number of nitrogens with one attached hydrogen (secondary N) is 1. The van der Waals surface area contributed by atoms with Crippen molar-refractivity contribution in [2.75, 3.05) is 31.6 Å². The molecule has 2 rings (SSSR count). The van der Waals surface area contributed by atoms with E-state index in [1.807, 2.05) is 19.1 Å². The molecule has 1 atom stereocenters. The summed E-state index contributed by atoms with van der Waals surface area (Å²) in [7, 11) is 0. The molecule has 5 nitrogen and oxygen atoms in total. The van der Waals surface area contributed by atoms with Gasteiger partial charge in [0.15, 0.2) is 6.04 Å². The molecule has 1 saturated heterocycles. The number of quaternary nitrogens is 1. The van der Waals surface area contributed by atoms with Crippen LogP contribution in [0.5, 0.6) is 0 Å². The number of anilines is 1. The van der Waals surface area contributed by atoms with Crippen molar-refractivity contribution < 1.29 is 18.8 Å². The van der Waals surface area contributed by atoms with Gasteiger partial charge in [-0.2, -0.15) is 0 Å². The SMILES string of the molecule is CCCC(C(=O)Nc1c(C)cccc1C(=O)OCC)[N+]1(CC)CCCCCC1. The standard InChI is InChI=1S/C23H36N2O3/c1-5-13-20(25(6-2)16-10-8-9-11-17-25)22(26)24-21-18(4)14-12-15-19(21)23(27)28-7-3/h12,14-15,20H,5-11,13,16-17H2,1-4H3/p+1. The number of hydrogen-bond donors (Lipinski definition) is 1. The van der Waals surface area contributed by atoms with Crippen LogP contribution in [0.1, 0.15) is 75.2 Å². The molecule has 0 aromatic heterocycles. The molecule has 0 bridgehead atoms. The first-order valence-electron chi connectivity index (χ1n) is 10.9. The molecule has 0 spiro atoms. The lowest BCUT2D eigenvalue weighted by Crippen LogP contribution is -2.60. The molecule has 1 aliphatic rings. The maximum Gasteiger partial charge on any atom is 0.340 e. The number of nitrogens with zero attached hydrogens (tertiary/aromatic N) is 1. The van der Waals surface area contributed by atoms with Crippen LogP contribution in [-0.4, -0.2) is 48.6 Å². The van der Waals surface area contributed by atoms with Crippen molar-refractivity contribution in [3.8, 4) is 0 Å². The van der Waals surface area contributed by atoms with Gasteiger partial charge in [-0.1, -0.05) is 19.1 Å². The second-order valence-corrected chi connectivity index (χ2v) is 7.91. The summed E-state index contributed by atoms with van der Waals surface area (Å²) < 4.78 is 6.05. The van der Waals surface area contributed by atoms with Crippen molar-refractivity contribution in [1.82, 2.24) is 0 Å². The number of benzene rings is 1. The molecule has 156 valence electrons. The van der Waals surface area contributed by atoms with E-state index in [1.165, 1.54) is 25.7 Å². The zero-order chi connectivity index (χ0) is 20.6. The van der Waals surface area contributed by atoms with Crippen molar-refractivity contribution >= 4 is 17.6 Å². The van der Waals surface area contributed by atoms with E-state index in [-0.39, 0.29) is 17.9 Å². The van der Waals surface area contributed by atoms with Crippen LogP contribution in [0.3, 0.4) is 0 Å². The van der Waals surface area contributed by atoms with Crippen LogP contribution in [0.15, 0.2) is 18.2 Å². The van der Waals surface area contributed by atoms with Crippen LogP contribution in [-0.2, 0) is 9.53 Å². The summed E-state index contributed by atoms with van der Waals surface area (Å²) in [5.74, 6) is -0.354. The minimum atomic E-state index is -0.386. The number of ether oxygens (including phenoxy) is 1. The number of carbonyl (C=O) groups excluding carboxylic acids is 2. The first-order chi connectivity index (χ1) is 13.5. The Hall–Kier alpha value is -1.88. The van der Waals surface area contributed by atoms with Crippen molar-refractivity contribution in [2.45, 2.75) is 72.3 Å². The van der Waals surface area contributed by atoms with Crippen molar-refractivity contribution in [3.05, 3.63) is 29.3 Å². The molecule has 0 saturated carbocycles. The molecule has 1 aromatic rings. The minimum Gasteiger partial charge on any atom is -0.462 e. The van der Waals surface area contributed by atoms with Crippen LogP contribution in [0.25, 0.3) is 0 Å². The highest BCUT2D eigenvalue weighted by molar-refractivity contribution is 6.03. The maximum atomic E-state index is 13.5. The average molecular weight is 390 g/mol. The summed E-state index contributed by atoms with van der Waals surface area (Å²) in [4.78, 5) is 25.9. The van der Waals surface area contributed by atoms with Gasteiger partial charge < -0.3 is 14.5 Å². The molecule has 1 fully saturated rings. The second kappa shape index (κ2) is 10.6. The predicted molar refractivity (Wildman–Crippen MR) is 113 cm³/mol. The Labute approximate surface area is 170 Å². The Morgan fingerprint density at radius 1 is 1.11 bits per heavy atom. The summed E-state index contributed by atoms with van der Waals surface area (Å²) in [5.41, 5.74) is 1.91. The Morgan fingerprint density at radius 3 is 2.36 bits per heavy atom. The first kappa shape index (κ1) is 22.4. The smallest absolute Gasteiger partial charge is 0.340 e. The molecule has 0 aliphatic carbocycles. The first-order valence-corrected chi connectivity index (χ1v) is 10.9. The molecule has 0 radical (unpaired) electrons. The summed E-state index contributed by atoms with van der Waals surface area (Å²) >= 11 is 0. The molecule has 1 aliphatic heterocycles. The predicted octanol–water partition coefficient (Wildman–Crippen LogP) is 4.69. The van der Waals surface area contributed by atoms with Gasteiger partial charge in [-0.3, -0.25) is 4.79 Å². The Kier molecular flexibility index (Phi) is 8.49. The number of esters is 1. The fourth-order valence-corrected chi connectivity index (χ4v) is 4.51. The lowest BCUT2D eigenvalue weighted by Gasteiger charge is -2.43. The Balaban J connectivity index is 2.33. The van der Waals surface area contributed by atoms with E-state index in [2.05, 4.69) is 19.2 Å². The Bertz CT molecular complexity index is 664. The van der Waals surface area contributed by atoms with E-state index >= 15 is 0 Å². The monoisotopic (exact) mass is 389 g/mol. The molecule has 1 N–H and O–H groups in total. The Morgan fingerprint density at radius 2 is 1.79 bits per heavy atom. The molecular formula is C23H37N2O3+. The third kappa shape index (κ3) is 5.13. The summed E-state index contributed by atoms with van der Waals surface area (Å²) in [5, 5.41) is 3.12. The number of rotatable bonds is 8. The molecule has 1 unspecified atom stereocenters. The highest BCUT2D eigenvalue weighted by atomic mass is 16.5. The average Bonchev–Trinajstić information content (AvgIpc) is 2.94. The summed E-state index contributed by atoms with van der Waals surface area (Å²) in [6.07, 6.45) is 6.70. The van der Waals surface area contributed by atoms with Crippen molar-refractivity contribution in [1.29, 1.82) is 0 Å². The molecule has 1 heterocycles. The number of aryl methyl sites for hydroxylation is 1. The number of para-hydroxylation sites is 1. The van der Waals surface area contributed by atoms with Crippen LogP contribution in [0.4, 0.5) is 5.69 Å². The van der Waals surface area contributed by atoms with Crippen LogP contribution < -0.4 is 5.32 Å². The molecule has 1 amide bonds. The number of amides is 1. The molecular weight excluding hydrogens is 352 g/mol. The minimum absolute atomic E-state index is 0.0328. The van der Waals surface area contributed by atoms with Gasteiger partial charge >= 0.3 is 5.97 Å². The normalized spacial score (nSPS) is 17.4. The van der Waals surface area contributed by atoms with E-state index < -0.39 is 0 Å². The number of likely N-dealkylation sites (N-methyl/N-ethyl adjacent to an activating group) is 1.